The first-order chi connectivity index (χ1) is 5.42. The smallest absolute Gasteiger partial charge is 0.246 e. The zero-order valence-corrected chi connectivity index (χ0v) is 6.24. The van der Waals surface area contributed by atoms with Crippen LogP contribution < -0.4 is 0 Å². The van der Waals surface area contributed by atoms with Crippen molar-refractivity contribution in [3.05, 3.63) is 24.2 Å². The van der Waals surface area contributed by atoms with Gasteiger partial charge in [-0.3, -0.25) is 0 Å². The molecule has 0 aromatic carbocycles. The van der Waals surface area contributed by atoms with Crippen molar-refractivity contribution in [2.24, 2.45) is 0 Å². The van der Waals surface area contributed by atoms with Crippen LogP contribution in [0.25, 0.3) is 11.2 Å². The first-order valence-corrected chi connectivity index (χ1v) is 3.59. The minimum Gasteiger partial charge on any atom is -0.425 e. The molecule has 2 aromatic rings. The number of hydrogen-bond donors (Lipinski definition) is 0. The summed E-state index contributed by atoms with van der Waals surface area (Å²) in [4.78, 5) is 8.08. The number of rotatable bonds is 1. The lowest BCUT2D eigenvalue weighted by molar-refractivity contribution is 0.590. The molecule has 0 atom stereocenters. The van der Waals surface area contributed by atoms with E-state index >= 15 is 0 Å². The van der Waals surface area contributed by atoms with Crippen LogP contribution >= 0.6 is 0 Å². The molecule has 56 valence electrons. The predicted molar refractivity (Wildman–Crippen MR) is 41.2 cm³/mol. The van der Waals surface area contributed by atoms with E-state index in [4.69, 9.17) is 4.42 Å². The lowest BCUT2D eigenvalue weighted by atomic mass is 10.2. The van der Waals surface area contributed by atoms with Crippen molar-refractivity contribution in [3.8, 4) is 0 Å². The van der Waals surface area contributed by atoms with Gasteiger partial charge in [0.2, 0.25) is 5.71 Å². The summed E-state index contributed by atoms with van der Waals surface area (Å²) in [5.74, 6) is 0. The van der Waals surface area contributed by atoms with Crippen molar-refractivity contribution in [2.45, 2.75) is 13.3 Å². The first kappa shape index (κ1) is 6.34. The molecule has 3 heteroatoms. The molecule has 0 saturated carbocycles. The van der Waals surface area contributed by atoms with Crippen molar-refractivity contribution in [3.63, 3.8) is 0 Å². The Morgan fingerprint density at radius 3 is 3.18 bits per heavy atom. The van der Waals surface area contributed by atoms with E-state index in [0.717, 1.165) is 11.9 Å². The average molecular weight is 148 g/mol. The molecule has 0 amide bonds. The van der Waals surface area contributed by atoms with Gasteiger partial charge in [0.05, 0.1) is 0 Å². The van der Waals surface area contributed by atoms with Crippen molar-refractivity contribution < 1.29 is 4.42 Å². The monoisotopic (exact) mass is 148 g/mol. The summed E-state index contributed by atoms with van der Waals surface area (Å²) in [6.07, 6.45) is 4.13. The van der Waals surface area contributed by atoms with E-state index in [9.17, 15) is 0 Å². The molecule has 0 spiro atoms. The van der Waals surface area contributed by atoms with Gasteiger partial charge in [-0.05, 0) is 18.1 Å². The second kappa shape index (κ2) is 2.34. The maximum Gasteiger partial charge on any atom is 0.246 e. The molecule has 0 fully saturated rings. The van der Waals surface area contributed by atoms with Gasteiger partial charge in [-0.1, -0.05) is 6.92 Å². The number of aromatic nitrogens is 2. The third-order valence-electron chi connectivity index (χ3n) is 1.70. The van der Waals surface area contributed by atoms with Crippen LogP contribution in [-0.4, -0.2) is 9.97 Å². The molecule has 2 aromatic heterocycles. The minimum atomic E-state index is 0.629. The zero-order valence-electron chi connectivity index (χ0n) is 6.24. The Morgan fingerprint density at radius 1 is 1.45 bits per heavy atom. The van der Waals surface area contributed by atoms with Gasteiger partial charge in [-0.2, -0.15) is 0 Å². The van der Waals surface area contributed by atoms with Crippen LogP contribution in [-0.2, 0) is 6.42 Å². The highest BCUT2D eigenvalue weighted by Crippen LogP contribution is 2.13. The van der Waals surface area contributed by atoms with Gasteiger partial charge >= 0.3 is 0 Å². The van der Waals surface area contributed by atoms with E-state index in [2.05, 4.69) is 16.9 Å². The molecular weight excluding hydrogens is 140 g/mol. The highest BCUT2D eigenvalue weighted by atomic mass is 16.3. The fourth-order valence-corrected chi connectivity index (χ4v) is 1.11. The Morgan fingerprint density at radius 2 is 2.36 bits per heavy atom. The number of fused-ring (bicyclic) bond motifs is 1. The molecule has 0 saturated heterocycles. The summed E-state index contributed by atoms with van der Waals surface area (Å²) >= 11 is 0. The lowest BCUT2D eigenvalue weighted by Gasteiger charge is -1.93. The van der Waals surface area contributed by atoms with Crippen LogP contribution in [0.5, 0.6) is 0 Å². The Labute approximate surface area is 64.1 Å². The molecule has 0 aliphatic heterocycles. The summed E-state index contributed by atoms with van der Waals surface area (Å²) < 4.78 is 5.04. The molecule has 0 radical (unpaired) electrons. The first-order valence-electron chi connectivity index (χ1n) is 3.59. The molecule has 2 heterocycles. The highest BCUT2D eigenvalue weighted by molar-refractivity contribution is 5.71. The summed E-state index contributed by atoms with van der Waals surface area (Å²) in [6, 6.07) is 1.96. The van der Waals surface area contributed by atoms with Crippen LogP contribution in [0.1, 0.15) is 12.5 Å². The second-order valence-corrected chi connectivity index (χ2v) is 2.33. The van der Waals surface area contributed by atoms with E-state index in [0.29, 0.717) is 5.71 Å². The quantitative estimate of drug-likeness (QED) is 0.618. The van der Waals surface area contributed by atoms with Crippen molar-refractivity contribution >= 4 is 11.2 Å². The van der Waals surface area contributed by atoms with E-state index in [-0.39, 0.29) is 0 Å². The molecule has 11 heavy (non-hydrogen) atoms. The van der Waals surface area contributed by atoms with E-state index in [1.807, 2.05) is 6.07 Å². The van der Waals surface area contributed by atoms with Crippen LogP contribution in [0.4, 0.5) is 0 Å². The Bertz CT molecular complexity index is 367. The van der Waals surface area contributed by atoms with Gasteiger partial charge in [0.25, 0.3) is 0 Å². The van der Waals surface area contributed by atoms with Gasteiger partial charge in [0.15, 0.2) is 6.39 Å². The van der Waals surface area contributed by atoms with E-state index < -0.39 is 0 Å². The standard InChI is InChI=1S/C8H8N2O/c1-2-6-3-4-9-8-7(6)10-5-11-8/h3-5H,2H2,1H3. The average Bonchev–Trinajstić information content (AvgIpc) is 2.50. The van der Waals surface area contributed by atoms with Crippen LogP contribution in [0.3, 0.4) is 0 Å². The highest BCUT2D eigenvalue weighted by Gasteiger charge is 2.02. The number of hydrogen-bond acceptors (Lipinski definition) is 3. The van der Waals surface area contributed by atoms with Gasteiger partial charge in [-0.15, -0.1) is 0 Å². The van der Waals surface area contributed by atoms with Crippen molar-refractivity contribution in [2.75, 3.05) is 0 Å². The number of nitrogens with zero attached hydrogens (tertiary/aromatic N) is 2. The van der Waals surface area contributed by atoms with Crippen molar-refractivity contribution in [1.82, 2.24) is 9.97 Å². The molecule has 2 rings (SSSR count). The van der Waals surface area contributed by atoms with Crippen LogP contribution in [0.15, 0.2) is 23.1 Å². The van der Waals surface area contributed by atoms with Gasteiger partial charge in [0.1, 0.15) is 5.52 Å². The largest absolute Gasteiger partial charge is 0.425 e. The summed E-state index contributed by atoms with van der Waals surface area (Å²) in [5, 5.41) is 0. The molecule has 0 aliphatic carbocycles. The van der Waals surface area contributed by atoms with Crippen molar-refractivity contribution in [1.29, 1.82) is 0 Å². The molecule has 0 N–H and O–H groups in total. The third-order valence-corrected chi connectivity index (χ3v) is 1.70. The van der Waals surface area contributed by atoms with Gasteiger partial charge in [-0.25, -0.2) is 9.97 Å². The maximum atomic E-state index is 5.04. The Balaban J connectivity index is 2.79. The SMILES string of the molecule is CCc1ccnc2ocnc12. The predicted octanol–water partition coefficient (Wildman–Crippen LogP) is 1.79. The topological polar surface area (TPSA) is 38.9 Å². The van der Waals surface area contributed by atoms with Gasteiger partial charge < -0.3 is 4.42 Å². The summed E-state index contributed by atoms with van der Waals surface area (Å²) in [5.41, 5.74) is 2.70. The zero-order chi connectivity index (χ0) is 7.68. The maximum absolute atomic E-state index is 5.04. The fraction of sp³-hybridized carbons (Fsp3) is 0.250. The molecular formula is C8H8N2O. The lowest BCUT2D eigenvalue weighted by Crippen LogP contribution is -1.83. The number of oxazole rings is 1. The van der Waals surface area contributed by atoms with E-state index in [1.165, 1.54) is 12.0 Å². The summed E-state index contributed by atoms with van der Waals surface area (Å²) in [6.45, 7) is 2.09. The van der Waals surface area contributed by atoms with Crippen LogP contribution in [0, 0.1) is 0 Å². The van der Waals surface area contributed by atoms with E-state index in [1.54, 1.807) is 6.20 Å². The normalized spacial score (nSPS) is 10.6. The second-order valence-electron chi connectivity index (χ2n) is 2.33. The molecule has 0 bridgehead atoms. The Hall–Kier alpha value is -1.38. The third kappa shape index (κ3) is 0.888. The molecule has 3 nitrogen and oxygen atoms in total. The van der Waals surface area contributed by atoms with Gasteiger partial charge in [0, 0.05) is 6.20 Å². The minimum absolute atomic E-state index is 0.629. The molecule has 0 unspecified atom stereocenters. The number of pyridine rings is 1. The summed E-state index contributed by atoms with van der Waals surface area (Å²) in [7, 11) is 0. The van der Waals surface area contributed by atoms with Crippen LogP contribution in [0.2, 0.25) is 0 Å². The molecule has 0 aliphatic rings. The number of aryl methyl sites for hydroxylation is 1. The Kier molecular flexibility index (Phi) is 1.35. The fourth-order valence-electron chi connectivity index (χ4n) is 1.11.